The molecule has 10 nitrogen and oxygen atoms in total. The highest BCUT2D eigenvalue weighted by Gasteiger charge is 2.31. The zero-order valence-corrected chi connectivity index (χ0v) is 14.8. The van der Waals surface area contributed by atoms with Gasteiger partial charge in [0, 0.05) is 5.56 Å². The monoisotopic (exact) mass is 383 g/mol. The van der Waals surface area contributed by atoms with Gasteiger partial charge in [-0.3, -0.25) is 19.8 Å². The number of nitrogens with one attached hydrogen (secondary N) is 2. The number of sulfonamides is 1. The minimum Gasteiger partial charge on any atom is -0.454 e. The average molecular weight is 383 g/mol. The molecule has 0 spiro atoms. The van der Waals surface area contributed by atoms with Crippen LogP contribution < -0.4 is 10.0 Å². The van der Waals surface area contributed by atoms with Crippen LogP contribution in [0.2, 0.25) is 0 Å². The molecule has 0 unspecified atom stereocenters. The molecule has 1 aromatic carbocycles. The zero-order valence-electron chi connectivity index (χ0n) is 14.0. The molecular formula is C15H17N3O7S. The van der Waals surface area contributed by atoms with Gasteiger partial charge in [0.25, 0.3) is 15.9 Å². The van der Waals surface area contributed by atoms with Crippen molar-refractivity contribution in [1.29, 1.82) is 0 Å². The van der Waals surface area contributed by atoms with Crippen molar-refractivity contribution in [2.75, 3.05) is 13.2 Å². The Morgan fingerprint density at radius 3 is 2.62 bits per heavy atom. The molecule has 0 radical (unpaired) electrons. The quantitative estimate of drug-likeness (QED) is 0.678. The average Bonchev–Trinajstić information content (AvgIpc) is 2.83. The van der Waals surface area contributed by atoms with E-state index in [0.29, 0.717) is 5.56 Å². The lowest BCUT2D eigenvalue weighted by atomic mass is 10.2. The highest BCUT2D eigenvalue weighted by molar-refractivity contribution is 7.90. The summed E-state index contributed by atoms with van der Waals surface area (Å²) in [5.74, 6) is -1.70. The highest BCUT2D eigenvalue weighted by Crippen LogP contribution is 2.22. The number of ether oxygens (including phenoxy) is 2. The first-order valence-corrected chi connectivity index (χ1v) is 9.06. The summed E-state index contributed by atoms with van der Waals surface area (Å²) in [6, 6.07) is 5.11. The van der Waals surface area contributed by atoms with Gasteiger partial charge in [0.05, 0.1) is 11.5 Å². The number of rotatable bonds is 5. The number of carbonyl (C=O) groups excluding carboxylic acids is 3. The van der Waals surface area contributed by atoms with E-state index in [1.165, 1.54) is 13.0 Å². The number of amides is 2. The topological polar surface area (TPSA) is 140 Å². The third kappa shape index (κ3) is 4.57. The van der Waals surface area contributed by atoms with Gasteiger partial charge >= 0.3 is 12.1 Å². The van der Waals surface area contributed by atoms with Crippen molar-refractivity contribution in [1.82, 2.24) is 10.0 Å². The van der Waals surface area contributed by atoms with Crippen LogP contribution in [0.5, 0.6) is 0 Å². The van der Waals surface area contributed by atoms with Gasteiger partial charge < -0.3 is 9.47 Å². The largest absolute Gasteiger partial charge is 0.454 e. The highest BCUT2D eigenvalue weighted by atomic mass is 32.2. The van der Waals surface area contributed by atoms with Crippen molar-refractivity contribution in [3.05, 3.63) is 29.8 Å². The maximum absolute atomic E-state index is 12.0. The van der Waals surface area contributed by atoms with Gasteiger partial charge in [-0.1, -0.05) is 12.1 Å². The molecule has 1 heterocycles. The van der Waals surface area contributed by atoms with Crippen LogP contribution in [0, 0.1) is 0 Å². The summed E-state index contributed by atoms with van der Waals surface area (Å²) in [6.45, 7) is 2.34. The summed E-state index contributed by atoms with van der Waals surface area (Å²) >= 11 is 0. The van der Waals surface area contributed by atoms with E-state index >= 15 is 0 Å². The fraction of sp³-hybridized carbons (Fsp3) is 0.333. The van der Waals surface area contributed by atoms with E-state index < -0.39 is 40.6 Å². The molecule has 0 aliphatic carbocycles. The van der Waals surface area contributed by atoms with E-state index in [0.717, 1.165) is 0 Å². The van der Waals surface area contributed by atoms with Crippen molar-refractivity contribution in [2.45, 2.75) is 24.8 Å². The van der Waals surface area contributed by atoms with E-state index in [1.54, 1.807) is 25.1 Å². The number of nitrogens with zero attached hydrogens (tertiary/aromatic N) is 1. The minimum atomic E-state index is -3.72. The first-order chi connectivity index (χ1) is 12.2. The maximum atomic E-state index is 12.0. The van der Waals surface area contributed by atoms with Crippen molar-refractivity contribution in [2.24, 2.45) is 4.99 Å². The van der Waals surface area contributed by atoms with Gasteiger partial charge in [0.1, 0.15) is 11.9 Å². The van der Waals surface area contributed by atoms with Crippen molar-refractivity contribution in [3.63, 3.8) is 0 Å². The number of alkyl carbamates (subject to hydrolysis) is 1. The molecule has 0 saturated carbocycles. The molecule has 0 aromatic heterocycles. The van der Waals surface area contributed by atoms with Crippen LogP contribution in [0.15, 0.2) is 34.2 Å². The molecular weight excluding hydrogens is 366 g/mol. The Kier molecular flexibility index (Phi) is 5.93. The molecule has 1 atom stereocenters. The lowest BCUT2D eigenvalue weighted by Gasteiger charge is -2.09. The lowest BCUT2D eigenvalue weighted by molar-refractivity contribution is -0.149. The van der Waals surface area contributed by atoms with E-state index in [1.807, 2.05) is 5.32 Å². The summed E-state index contributed by atoms with van der Waals surface area (Å²) < 4.78 is 35.5. The summed E-state index contributed by atoms with van der Waals surface area (Å²) in [4.78, 5) is 38.5. The van der Waals surface area contributed by atoms with Crippen LogP contribution in [0.1, 0.15) is 19.4 Å². The molecule has 11 heteroatoms. The van der Waals surface area contributed by atoms with Crippen molar-refractivity contribution < 1.29 is 32.3 Å². The number of benzene rings is 1. The number of aliphatic imine (C=N–C) groups is 1. The molecule has 1 aliphatic heterocycles. The summed E-state index contributed by atoms with van der Waals surface area (Å²) in [5.41, 5.74) is 0.340. The van der Waals surface area contributed by atoms with Gasteiger partial charge in [0.15, 0.2) is 6.61 Å². The van der Waals surface area contributed by atoms with Gasteiger partial charge in [0.2, 0.25) is 0 Å². The summed E-state index contributed by atoms with van der Waals surface area (Å²) in [6.07, 6.45) is -0.946. The van der Waals surface area contributed by atoms with Gasteiger partial charge in [-0.15, -0.1) is 0 Å². The van der Waals surface area contributed by atoms with Crippen LogP contribution >= 0.6 is 0 Å². The van der Waals surface area contributed by atoms with E-state index in [2.05, 4.69) is 14.5 Å². The molecule has 0 saturated heterocycles. The molecule has 2 amide bonds. The van der Waals surface area contributed by atoms with Crippen molar-refractivity contribution in [3.8, 4) is 0 Å². The van der Waals surface area contributed by atoms with Crippen LogP contribution in [-0.4, -0.2) is 51.5 Å². The molecule has 0 bridgehead atoms. The van der Waals surface area contributed by atoms with Crippen LogP contribution in [-0.2, 0) is 29.1 Å². The Hall–Kier alpha value is -2.95. The number of imide groups is 1. The van der Waals surface area contributed by atoms with Gasteiger partial charge in [-0.2, -0.15) is 0 Å². The Morgan fingerprint density at radius 2 is 1.92 bits per heavy atom. The second-order valence-corrected chi connectivity index (χ2v) is 6.78. The third-order valence-electron chi connectivity index (χ3n) is 3.19. The molecule has 1 aromatic rings. The normalized spacial score (nSPS) is 16.9. The second-order valence-electron chi connectivity index (χ2n) is 5.13. The number of carbonyl (C=O) groups is 3. The molecule has 0 fully saturated rings. The molecule has 26 heavy (non-hydrogen) atoms. The minimum absolute atomic E-state index is 0.0148. The molecule has 2 rings (SSSR count). The second kappa shape index (κ2) is 7.95. The number of esters is 1. The van der Waals surface area contributed by atoms with Gasteiger partial charge in [-0.05, 0) is 26.0 Å². The molecule has 140 valence electrons. The van der Waals surface area contributed by atoms with E-state index in [-0.39, 0.29) is 17.3 Å². The number of hydrogen-bond donors (Lipinski definition) is 2. The van der Waals surface area contributed by atoms with Crippen molar-refractivity contribution >= 4 is 33.8 Å². The Labute approximate surface area is 149 Å². The predicted octanol–water partition coefficient (Wildman–Crippen LogP) is -0.0705. The first-order valence-electron chi connectivity index (χ1n) is 7.58. The van der Waals surface area contributed by atoms with Crippen LogP contribution in [0.3, 0.4) is 0 Å². The lowest BCUT2D eigenvalue weighted by Crippen LogP contribution is -2.35. The number of amidine groups is 1. The van der Waals surface area contributed by atoms with E-state index in [4.69, 9.17) is 4.74 Å². The van der Waals surface area contributed by atoms with Crippen LogP contribution in [0.4, 0.5) is 4.79 Å². The Morgan fingerprint density at radius 1 is 1.23 bits per heavy atom. The standard InChI is InChI=1S/C15H17N3O7S/c1-3-24-15(21)17-12(19)8-25-14(20)9(2)16-13-10-6-4-5-7-11(10)26(22,23)18-13/h4-7,9H,3,8H2,1-2H3,(H,16,18)(H,17,19,21)/t9-/m1/s1. The fourth-order valence-electron chi connectivity index (χ4n) is 2.05. The summed E-state index contributed by atoms with van der Waals surface area (Å²) in [5, 5.41) is 1.87. The maximum Gasteiger partial charge on any atom is 0.413 e. The Balaban J connectivity index is 1.99. The summed E-state index contributed by atoms with van der Waals surface area (Å²) in [7, 11) is -3.72. The third-order valence-corrected chi connectivity index (χ3v) is 4.59. The smallest absolute Gasteiger partial charge is 0.413 e. The fourth-order valence-corrected chi connectivity index (χ4v) is 3.29. The number of hydrogen-bond acceptors (Lipinski definition) is 8. The molecule has 1 aliphatic rings. The predicted molar refractivity (Wildman–Crippen MR) is 88.9 cm³/mol. The van der Waals surface area contributed by atoms with Gasteiger partial charge in [-0.25, -0.2) is 18.0 Å². The van der Waals surface area contributed by atoms with Crippen LogP contribution in [0.25, 0.3) is 0 Å². The van der Waals surface area contributed by atoms with E-state index in [9.17, 15) is 22.8 Å². The SMILES string of the molecule is CCOC(=O)NC(=O)COC(=O)[C@@H](C)N=C1NS(=O)(=O)c2ccccc21. The molecule has 2 N–H and O–H groups in total. The Bertz CT molecular complexity index is 864. The zero-order chi connectivity index (χ0) is 19.3. The first kappa shape index (κ1) is 19.4. The number of fused-ring (bicyclic) bond motifs is 1.